The fraction of sp³-hybridized carbons (Fsp3) is 0.407. The number of amides is 1. The van der Waals surface area contributed by atoms with Crippen LogP contribution in [0.1, 0.15) is 62.3 Å². The number of nitrogens with one attached hydrogen (secondary N) is 1. The van der Waals surface area contributed by atoms with Crippen LogP contribution in [0.25, 0.3) is 0 Å². The largest absolute Gasteiger partial charge is 0.492 e. The van der Waals surface area contributed by atoms with Crippen LogP contribution in [0.2, 0.25) is 5.02 Å². The number of hydrogen-bond acceptors (Lipinski definition) is 3. The molecule has 33 heavy (non-hydrogen) atoms. The molecule has 176 valence electrons. The Balaban J connectivity index is 1.47. The van der Waals surface area contributed by atoms with Crippen LogP contribution in [-0.2, 0) is 17.8 Å². The second kappa shape index (κ2) is 13.4. The van der Waals surface area contributed by atoms with Crippen molar-refractivity contribution in [1.29, 1.82) is 0 Å². The van der Waals surface area contributed by atoms with Crippen molar-refractivity contribution in [3.8, 4) is 5.75 Å². The first-order valence-corrected chi connectivity index (χ1v) is 13.1. The predicted octanol–water partition coefficient (Wildman–Crippen LogP) is 6.97. The van der Waals surface area contributed by atoms with Crippen LogP contribution in [0.5, 0.6) is 5.75 Å². The average molecular weight is 486 g/mol. The number of thiazole rings is 1. The molecule has 1 amide bonds. The standard InChI is InChI=1S/C27H33ClN2O2S/c1-3-4-5-6-7-8-14-32-26-13-12-22(16-25(26)28)17-27(31)29-24-11-9-10-23(15-24)18-30-20-33-19-21(30)2/h9-13,15-16,19-20H,3-8,14,17-18H2,1-2H3/p+1. The Morgan fingerprint density at radius 2 is 1.88 bits per heavy atom. The molecule has 1 N–H and O–H groups in total. The fourth-order valence-electron chi connectivity index (χ4n) is 3.69. The third-order valence-electron chi connectivity index (χ3n) is 5.56. The molecule has 0 bridgehead atoms. The summed E-state index contributed by atoms with van der Waals surface area (Å²) in [7, 11) is 0. The molecule has 3 aromatic rings. The maximum absolute atomic E-state index is 12.6. The Hall–Kier alpha value is -2.37. The lowest BCUT2D eigenvalue weighted by molar-refractivity contribution is -0.689. The van der Waals surface area contributed by atoms with Crippen LogP contribution in [-0.4, -0.2) is 12.5 Å². The number of aryl methyl sites for hydroxylation is 1. The highest BCUT2D eigenvalue weighted by Crippen LogP contribution is 2.26. The molecular formula is C27H34ClN2O2S+. The highest BCUT2D eigenvalue weighted by Gasteiger charge is 2.11. The quantitative estimate of drug-likeness (QED) is 0.210. The van der Waals surface area contributed by atoms with Crippen LogP contribution >= 0.6 is 22.9 Å². The van der Waals surface area contributed by atoms with E-state index in [0.717, 1.165) is 29.8 Å². The molecule has 0 aliphatic carbocycles. The van der Waals surface area contributed by atoms with Gasteiger partial charge in [-0.15, -0.1) is 0 Å². The lowest BCUT2D eigenvalue weighted by Gasteiger charge is -2.10. The molecule has 0 saturated heterocycles. The molecule has 0 spiro atoms. The molecule has 0 radical (unpaired) electrons. The molecule has 0 saturated carbocycles. The molecule has 6 heteroatoms. The molecule has 0 aliphatic heterocycles. The molecule has 1 aromatic heterocycles. The van der Waals surface area contributed by atoms with Crippen LogP contribution in [0.15, 0.2) is 53.4 Å². The number of halogens is 1. The van der Waals surface area contributed by atoms with Crippen molar-refractivity contribution in [2.45, 2.75) is 65.3 Å². The summed E-state index contributed by atoms with van der Waals surface area (Å²) >= 11 is 8.08. The molecule has 0 unspecified atom stereocenters. The number of benzene rings is 2. The summed E-state index contributed by atoms with van der Waals surface area (Å²) in [6.07, 6.45) is 7.61. The van der Waals surface area contributed by atoms with Gasteiger partial charge in [0.15, 0.2) is 12.2 Å². The predicted molar refractivity (Wildman–Crippen MR) is 137 cm³/mol. The molecule has 1 heterocycles. The Morgan fingerprint density at radius 3 is 2.64 bits per heavy atom. The minimum atomic E-state index is -0.0664. The van der Waals surface area contributed by atoms with Gasteiger partial charge in [0.1, 0.15) is 5.75 Å². The molecule has 0 fully saturated rings. The van der Waals surface area contributed by atoms with Gasteiger partial charge in [-0.05, 0) is 36.2 Å². The lowest BCUT2D eigenvalue weighted by Crippen LogP contribution is -2.34. The zero-order valence-electron chi connectivity index (χ0n) is 19.6. The monoisotopic (exact) mass is 485 g/mol. The van der Waals surface area contributed by atoms with Gasteiger partial charge in [0, 0.05) is 18.2 Å². The first kappa shape index (κ1) is 25.3. The van der Waals surface area contributed by atoms with E-state index in [0.29, 0.717) is 17.4 Å². The SMILES string of the molecule is CCCCCCCCOc1ccc(CC(=O)Nc2cccc(C[n+]3cscc3C)c2)cc1Cl. The second-order valence-electron chi connectivity index (χ2n) is 8.43. The minimum Gasteiger partial charge on any atom is -0.492 e. The minimum absolute atomic E-state index is 0.0664. The van der Waals surface area contributed by atoms with E-state index in [9.17, 15) is 4.79 Å². The normalized spacial score (nSPS) is 10.9. The van der Waals surface area contributed by atoms with E-state index in [1.807, 2.05) is 36.4 Å². The summed E-state index contributed by atoms with van der Waals surface area (Å²) < 4.78 is 8.03. The van der Waals surface area contributed by atoms with Gasteiger partial charge < -0.3 is 10.1 Å². The Bertz CT molecular complexity index is 1030. The average Bonchev–Trinajstić information content (AvgIpc) is 3.19. The van der Waals surface area contributed by atoms with E-state index >= 15 is 0 Å². The highest BCUT2D eigenvalue weighted by molar-refractivity contribution is 7.07. The van der Waals surface area contributed by atoms with Gasteiger partial charge in [-0.25, -0.2) is 0 Å². The van der Waals surface area contributed by atoms with E-state index < -0.39 is 0 Å². The number of unbranched alkanes of at least 4 members (excludes halogenated alkanes) is 5. The van der Waals surface area contributed by atoms with Gasteiger partial charge in [0.25, 0.3) is 0 Å². The van der Waals surface area contributed by atoms with E-state index in [1.54, 1.807) is 11.3 Å². The van der Waals surface area contributed by atoms with Crippen molar-refractivity contribution in [1.82, 2.24) is 0 Å². The van der Waals surface area contributed by atoms with Crippen LogP contribution < -0.4 is 14.6 Å². The first-order valence-electron chi connectivity index (χ1n) is 11.8. The summed E-state index contributed by atoms with van der Waals surface area (Å²) in [5.74, 6) is 0.617. The van der Waals surface area contributed by atoms with Gasteiger partial charge in [0.2, 0.25) is 11.4 Å². The zero-order valence-corrected chi connectivity index (χ0v) is 21.2. The van der Waals surface area contributed by atoms with Crippen molar-refractivity contribution in [2.75, 3.05) is 11.9 Å². The topological polar surface area (TPSA) is 42.2 Å². The molecule has 0 atom stereocenters. The fourth-order valence-corrected chi connectivity index (χ4v) is 4.72. The van der Waals surface area contributed by atoms with Crippen molar-refractivity contribution < 1.29 is 14.1 Å². The summed E-state index contributed by atoms with van der Waals surface area (Å²) in [5, 5.41) is 5.68. The maximum Gasteiger partial charge on any atom is 0.228 e. The Kier molecular flexibility index (Phi) is 10.2. The number of anilines is 1. The Morgan fingerprint density at radius 1 is 1.06 bits per heavy atom. The van der Waals surface area contributed by atoms with Gasteiger partial charge >= 0.3 is 0 Å². The zero-order chi connectivity index (χ0) is 23.5. The van der Waals surface area contributed by atoms with Crippen LogP contribution in [0.4, 0.5) is 5.69 Å². The molecular weight excluding hydrogens is 452 g/mol. The summed E-state index contributed by atoms with van der Waals surface area (Å²) in [4.78, 5) is 12.6. The Labute approximate surface area is 206 Å². The molecule has 3 rings (SSSR count). The van der Waals surface area contributed by atoms with Crippen LogP contribution in [0, 0.1) is 6.92 Å². The van der Waals surface area contributed by atoms with Crippen molar-refractivity contribution in [2.24, 2.45) is 0 Å². The molecule has 0 aliphatic rings. The summed E-state index contributed by atoms with van der Waals surface area (Å²) in [6, 6.07) is 13.6. The number of carbonyl (C=O) groups is 1. The van der Waals surface area contributed by atoms with Gasteiger partial charge in [0.05, 0.1) is 23.4 Å². The first-order chi connectivity index (χ1) is 16.0. The summed E-state index contributed by atoms with van der Waals surface area (Å²) in [6.45, 7) is 5.78. The van der Waals surface area contributed by atoms with E-state index in [-0.39, 0.29) is 12.3 Å². The van der Waals surface area contributed by atoms with Crippen molar-refractivity contribution >= 4 is 34.5 Å². The van der Waals surface area contributed by atoms with Crippen molar-refractivity contribution in [3.63, 3.8) is 0 Å². The smallest absolute Gasteiger partial charge is 0.228 e. The van der Waals surface area contributed by atoms with Crippen molar-refractivity contribution in [3.05, 3.63) is 75.2 Å². The third kappa shape index (κ3) is 8.49. The summed E-state index contributed by atoms with van der Waals surface area (Å²) in [5.41, 5.74) is 6.15. The van der Waals surface area contributed by atoms with E-state index in [1.165, 1.54) is 37.8 Å². The number of hydrogen-bond donors (Lipinski definition) is 1. The number of ether oxygens (including phenoxy) is 1. The van der Waals surface area contributed by atoms with Gasteiger partial charge in [-0.2, -0.15) is 4.57 Å². The molecule has 4 nitrogen and oxygen atoms in total. The maximum atomic E-state index is 12.6. The van der Waals surface area contributed by atoms with E-state index in [4.69, 9.17) is 16.3 Å². The molecule has 2 aromatic carbocycles. The van der Waals surface area contributed by atoms with Gasteiger partial charge in [-0.3, -0.25) is 4.79 Å². The number of carbonyl (C=O) groups excluding carboxylic acids is 1. The lowest BCUT2D eigenvalue weighted by atomic mass is 10.1. The highest BCUT2D eigenvalue weighted by atomic mass is 35.5. The van der Waals surface area contributed by atoms with Crippen LogP contribution in [0.3, 0.4) is 0 Å². The van der Waals surface area contributed by atoms with E-state index in [2.05, 4.69) is 40.7 Å². The van der Waals surface area contributed by atoms with Gasteiger partial charge in [-0.1, -0.05) is 80.2 Å². The number of nitrogens with zero attached hydrogens (tertiary/aromatic N) is 1. The second-order valence-corrected chi connectivity index (χ2v) is 9.56. The number of rotatable bonds is 13. The number of aromatic nitrogens is 1. The third-order valence-corrected chi connectivity index (χ3v) is 6.71.